The molecule has 26 heavy (non-hydrogen) atoms. The van der Waals surface area contributed by atoms with Crippen LogP contribution < -0.4 is 5.32 Å². The summed E-state index contributed by atoms with van der Waals surface area (Å²) in [5.74, 6) is -0.335. The van der Waals surface area contributed by atoms with E-state index in [1.807, 2.05) is 48.6 Å². The normalized spacial score (nSPS) is 13.9. The van der Waals surface area contributed by atoms with Crippen LogP contribution in [0.4, 0.5) is 4.39 Å². The van der Waals surface area contributed by atoms with Crippen LogP contribution in [0, 0.1) is 5.82 Å². The van der Waals surface area contributed by atoms with Crippen molar-refractivity contribution in [2.45, 2.75) is 19.4 Å². The molecule has 1 amide bonds. The fraction of sp³-hybridized carbons (Fsp3) is 0.136. The molecule has 3 rings (SSSR count). The number of benzene rings is 2. The highest BCUT2D eigenvalue weighted by molar-refractivity contribution is 5.95. The molecule has 2 aromatic carbocycles. The number of allylic oxidation sites excluding steroid dienone is 5. The molecule has 0 saturated carbocycles. The fourth-order valence-corrected chi connectivity index (χ4v) is 2.54. The first-order valence-electron chi connectivity index (χ1n) is 8.52. The molecular formula is C22H20FNO2. The van der Waals surface area contributed by atoms with Crippen molar-refractivity contribution in [3.63, 3.8) is 0 Å². The Hall–Kier alpha value is -3.14. The van der Waals surface area contributed by atoms with Crippen molar-refractivity contribution in [1.82, 2.24) is 5.32 Å². The van der Waals surface area contributed by atoms with E-state index in [-0.39, 0.29) is 11.7 Å². The van der Waals surface area contributed by atoms with E-state index in [1.54, 1.807) is 0 Å². The second kappa shape index (κ2) is 8.81. The van der Waals surface area contributed by atoms with Crippen LogP contribution in [0.1, 0.15) is 28.8 Å². The summed E-state index contributed by atoms with van der Waals surface area (Å²) in [5.41, 5.74) is 2.46. The Bertz CT molecular complexity index is 836. The van der Waals surface area contributed by atoms with Gasteiger partial charge < -0.3 is 4.74 Å². The Morgan fingerprint density at radius 1 is 1.12 bits per heavy atom. The lowest BCUT2D eigenvalue weighted by Gasteiger charge is -2.14. The summed E-state index contributed by atoms with van der Waals surface area (Å²) in [6, 6.07) is 15.2. The molecule has 4 heteroatoms. The number of halogens is 1. The number of nitrogens with one attached hydrogen (secondary N) is 1. The maximum atomic E-state index is 13.0. The first kappa shape index (κ1) is 17.7. The summed E-state index contributed by atoms with van der Waals surface area (Å²) in [5, 5.41) is 2.78. The van der Waals surface area contributed by atoms with Crippen LogP contribution in [-0.2, 0) is 11.3 Å². The van der Waals surface area contributed by atoms with Crippen LogP contribution in [0.2, 0.25) is 0 Å². The van der Waals surface area contributed by atoms with Gasteiger partial charge in [0.05, 0.1) is 0 Å². The summed E-state index contributed by atoms with van der Waals surface area (Å²) >= 11 is 0. The van der Waals surface area contributed by atoms with Crippen molar-refractivity contribution in [3.05, 3.63) is 107 Å². The third-order valence-electron chi connectivity index (χ3n) is 3.94. The predicted molar refractivity (Wildman–Crippen MR) is 99.6 cm³/mol. The molecule has 0 unspecified atom stereocenters. The second-order valence-corrected chi connectivity index (χ2v) is 5.95. The molecule has 1 aliphatic rings. The average Bonchev–Trinajstić information content (AvgIpc) is 2.68. The molecule has 2 aromatic rings. The third-order valence-corrected chi connectivity index (χ3v) is 3.94. The van der Waals surface area contributed by atoms with Gasteiger partial charge in [-0.05, 0) is 48.2 Å². The smallest absolute Gasteiger partial charge is 0.257 e. The molecule has 0 fully saturated rings. The van der Waals surface area contributed by atoms with E-state index < -0.39 is 0 Å². The zero-order chi connectivity index (χ0) is 18.2. The van der Waals surface area contributed by atoms with E-state index in [2.05, 4.69) is 11.4 Å². The molecule has 0 atom stereocenters. The molecule has 0 bridgehead atoms. The van der Waals surface area contributed by atoms with Crippen LogP contribution in [0.15, 0.2) is 90.4 Å². The maximum Gasteiger partial charge on any atom is 0.257 e. The Kier molecular flexibility index (Phi) is 5.99. The minimum atomic E-state index is -0.378. The number of hydrogen-bond donors (Lipinski definition) is 1. The van der Waals surface area contributed by atoms with E-state index in [1.165, 1.54) is 24.3 Å². The van der Waals surface area contributed by atoms with Gasteiger partial charge >= 0.3 is 0 Å². The highest BCUT2D eigenvalue weighted by atomic mass is 19.1. The van der Waals surface area contributed by atoms with Gasteiger partial charge in [0.2, 0.25) is 0 Å². The molecule has 0 aromatic heterocycles. The summed E-state index contributed by atoms with van der Waals surface area (Å²) < 4.78 is 18.9. The van der Waals surface area contributed by atoms with Crippen molar-refractivity contribution in [2.24, 2.45) is 0 Å². The zero-order valence-electron chi connectivity index (χ0n) is 14.3. The van der Waals surface area contributed by atoms with Gasteiger partial charge in [-0.25, -0.2) is 4.39 Å². The van der Waals surface area contributed by atoms with Crippen LogP contribution in [-0.4, -0.2) is 5.91 Å². The highest BCUT2D eigenvalue weighted by Gasteiger charge is 2.10. The van der Waals surface area contributed by atoms with Crippen LogP contribution >= 0.6 is 0 Å². The van der Waals surface area contributed by atoms with Crippen molar-refractivity contribution >= 4 is 5.91 Å². The molecule has 0 saturated heterocycles. The molecule has 1 N–H and O–H groups in total. The van der Waals surface area contributed by atoms with Gasteiger partial charge in [-0.3, -0.25) is 10.1 Å². The quantitative estimate of drug-likeness (QED) is 0.754. The fourth-order valence-electron chi connectivity index (χ4n) is 2.54. The molecular weight excluding hydrogens is 329 g/mol. The van der Waals surface area contributed by atoms with Crippen LogP contribution in [0.3, 0.4) is 0 Å². The Morgan fingerprint density at radius 3 is 2.58 bits per heavy atom. The van der Waals surface area contributed by atoms with Gasteiger partial charge in [-0.1, -0.05) is 48.6 Å². The van der Waals surface area contributed by atoms with Gasteiger partial charge in [-0.15, -0.1) is 0 Å². The van der Waals surface area contributed by atoms with Gasteiger partial charge in [-0.2, -0.15) is 0 Å². The van der Waals surface area contributed by atoms with E-state index in [9.17, 15) is 9.18 Å². The zero-order valence-corrected chi connectivity index (χ0v) is 14.3. The second-order valence-electron chi connectivity index (χ2n) is 5.95. The number of ether oxygens (including phenoxy) is 1. The third kappa shape index (κ3) is 5.18. The van der Waals surface area contributed by atoms with E-state index in [4.69, 9.17) is 4.74 Å². The van der Waals surface area contributed by atoms with Gasteiger partial charge in [0.25, 0.3) is 5.91 Å². The summed E-state index contributed by atoms with van der Waals surface area (Å²) in [6.45, 7) is 0.347. The van der Waals surface area contributed by atoms with E-state index in [0.717, 1.165) is 24.0 Å². The molecule has 0 heterocycles. The number of hydrogen-bond acceptors (Lipinski definition) is 2. The molecule has 1 aliphatic carbocycles. The minimum absolute atomic E-state index is 0.337. The van der Waals surface area contributed by atoms with Crippen molar-refractivity contribution in [3.8, 4) is 0 Å². The molecule has 0 aliphatic heterocycles. The lowest BCUT2D eigenvalue weighted by molar-refractivity contribution is 0.0910. The highest BCUT2D eigenvalue weighted by Crippen LogP contribution is 2.16. The first-order chi connectivity index (χ1) is 12.7. The predicted octanol–water partition coefficient (Wildman–Crippen LogP) is 4.89. The summed E-state index contributed by atoms with van der Waals surface area (Å²) in [7, 11) is 0. The molecule has 132 valence electrons. The van der Waals surface area contributed by atoms with Crippen molar-refractivity contribution in [1.29, 1.82) is 0 Å². The molecule has 3 nitrogen and oxygen atoms in total. The summed E-state index contributed by atoms with van der Waals surface area (Å²) in [6.07, 6.45) is 9.78. The van der Waals surface area contributed by atoms with Gasteiger partial charge in [0.15, 0.2) is 5.88 Å². The SMILES string of the molecule is O=C(N/C(=C\C1=CC=CCC1)OCc1ccccc1)c1ccc(F)cc1. The summed E-state index contributed by atoms with van der Waals surface area (Å²) in [4.78, 5) is 12.4. The van der Waals surface area contributed by atoms with E-state index >= 15 is 0 Å². The van der Waals surface area contributed by atoms with Gasteiger partial charge in [0.1, 0.15) is 12.4 Å². The van der Waals surface area contributed by atoms with Crippen LogP contribution in [0.25, 0.3) is 0 Å². The average molecular weight is 349 g/mol. The Labute approximate surface area is 152 Å². The standard InChI is InChI=1S/C22H20FNO2/c23-20-13-11-19(12-14-20)22(25)24-21(15-17-7-3-1-4-8-17)26-16-18-9-5-2-6-10-18/h1-3,5-7,9-15H,4,8,16H2,(H,24,25)/b21-15+. The van der Waals surface area contributed by atoms with Crippen molar-refractivity contribution < 1.29 is 13.9 Å². The number of carbonyl (C=O) groups excluding carboxylic acids is 1. The van der Waals surface area contributed by atoms with Gasteiger partial charge in [0, 0.05) is 11.6 Å². The Balaban J connectivity index is 1.74. The Morgan fingerprint density at radius 2 is 1.88 bits per heavy atom. The lowest BCUT2D eigenvalue weighted by Crippen LogP contribution is -2.24. The first-order valence-corrected chi connectivity index (χ1v) is 8.52. The topological polar surface area (TPSA) is 38.3 Å². The van der Waals surface area contributed by atoms with Crippen molar-refractivity contribution in [2.75, 3.05) is 0 Å². The van der Waals surface area contributed by atoms with E-state index in [0.29, 0.717) is 18.1 Å². The number of amides is 1. The minimum Gasteiger partial charge on any atom is -0.474 e. The lowest BCUT2D eigenvalue weighted by atomic mass is 10.1. The largest absolute Gasteiger partial charge is 0.474 e. The number of rotatable bonds is 6. The maximum absolute atomic E-state index is 13.0. The monoisotopic (exact) mass is 349 g/mol. The molecule has 0 spiro atoms. The molecule has 0 radical (unpaired) electrons. The number of carbonyl (C=O) groups is 1. The van der Waals surface area contributed by atoms with Crippen LogP contribution in [0.5, 0.6) is 0 Å².